The van der Waals surface area contributed by atoms with Crippen LogP contribution in [0, 0.1) is 23.7 Å². The molecule has 0 bridgehead atoms. The number of hydrogen-bond donors (Lipinski definition) is 3. The minimum Gasteiger partial charge on any atom is -0.467 e. The number of carbonyl (C=O) groups is 3. The first-order valence-electron chi connectivity index (χ1n) is 11.4. The van der Waals surface area contributed by atoms with Crippen molar-refractivity contribution >= 4 is 39.4 Å². The molecule has 1 aliphatic carbocycles. The van der Waals surface area contributed by atoms with Gasteiger partial charge in [-0.2, -0.15) is 0 Å². The van der Waals surface area contributed by atoms with E-state index in [9.17, 15) is 14.4 Å². The number of amides is 2. The predicted octanol–water partition coefficient (Wildman–Crippen LogP) is 3.46. The van der Waals surface area contributed by atoms with Crippen LogP contribution in [0.5, 0.6) is 0 Å². The van der Waals surface area contributed by atoms with E-state index in [2.05, 4.69) is 22.5 Å². The third-order valence-electron chi connectivity index (χ3n) is 5.56. The highest BCUT2D eigenvalue weighted by Crippen LogP contribution is 2.37. The zero-order chi connectivity index (χ0) is 26.0. The topological polar surface area (TPSA) is 114 Å². The van der Waals surface area contributed by atoms with E-state index in [0.29, 0.717) is 4.88 Å². The Hall–Kier alpha value is -3.09. The molecule has 0 spiro atoms. The third-order valence-corrected chi connectivity index (χ3v) is 6.66. The SMILES string of the molecule is COC(=O)[C@@H](NC(=O)c1cc2ccc(C#C[C@@H]3C[C@H]3CO)cc2s1)C(C)(C)NC(=O)OC(C)(C)C. The Morgan fingerprint density at radius 2 is 1.91 bits per heavy atom. The summed E-state index contributed by atoms with van der Waals surface area (Å²) in [5.74, 6) is 5.69. The molecule has 2 amide bonds. The van der Waals surface area contributed by atoms with Gasteiger partial charge in [0.25, 0.3) is 5.91 Å². The van der Waals surface area contributed by atoms with Crippen LogP contribution in [0.15, 0.2) is 24.3 Å². The van der Waals surface area contributed by atoms with Gasteiger partial charge in [-0.1, -0.05) is 17.9 Å². The molecule has 1 aliphatic rings. The molecule has 2 aromatic rings. The summed E-state index contributed by atoms with van der Waals surface area (Å²) in [7, 11) is 1.22. The van der Waals surface area contributed by atoms with Gasteiger partial charge >= 0.3 is 12.1 Å². The molecule has 1 heterocycles. The average Bonchev–Trinajstić information content (AvgIpc) is 3.40. The predicted molar refractivity (Wildman–Crippen MR) is 134 cm³/mol. The van der Waals surface area contributed by atoms with Gasteiger partial charge in [-0.25, -0.2) is 9.59 Å². The lowest BCUT2D eigenvalue weighted by atomic mass is 9.94. The highest BCUT2D eigenvalue weighted by molar-refractivity contribution is 7.20. The number of carbonyl (C=O) groups excluding carboxylic acids is 3. The van der Waals surface area contributed by atoms with Crippen LogP contribution in [0.25, 0.3) is 10.1 Å². The largest absolute Gasteiger partial charge is 0.467 e. The van der Waals surface area contributed by atoms with Gasteiger partial charge in [0.1, 0.15) is 11.6 Å². The van der Waals surface area contributed by atoms with E-state index in [4.69, 9.17) is 14.6 Å². The van der Waals surface area contributed by atoms with Gasteiger partial charge in [-0.3, -0.25) is 4.79 Å². The highest BCUT2D eigenvalue weighted by atomic mass is 32.1. The number of alkyl carbamates (subject to hydrolysis) is 1. The lowest BCUT2D eigenvalue weighted by molar-refractivity contribution is -0.144. The number of rotatable bonds is 6. The Morgan fingerprint density at radius 1 is 1.20 bits per heavy atom. The van der Waals surface area contributed by atoms with E-state index < -0.39 is 35.2 Å². The Morgan fingerprint density at radius 3 is 2.51 bits per heavy atom. The summed E-state index contributed by atoms with van der Waals surface area (Å²) in [4.78, 5) is 38.3. The molecule has 3 N–H and O–H groups in total. The molecule has 1 aromatic carbocycles. The molecule has 0 unspecified atom stereocenters. The first-order chi connectivity index (χ1) is 16.3. The fourth-order valence-corrected chi connectivity index (χ4v) is 4.52. The molecule has 0 radical (unpaired) electrons. The van der Waals surface area contributed by atoms with Crippen molar-refractivity contribution < 1.29 is 29.0 Å². The lowest BCUT2D eigenvalue weighted by Crippen LogP contribution is -2.62. The van der Waals surface area contributed by atoms with E-state index in [1.807, 2.05) is 18.2 Å². The number of aliphatic hydroxyl groups excluding tert-OH is 1. The van der Waals surface area contributed by atoms with Gasteiger partial charge in [0.15, 0.2) is 0 Å². The fourth-order valence-electron chi connectivity index (χ4n) is 3.52. The van der Waals surface area contributed by atoms with Gasteiger partial charge in [0, 0.05) is 22.8 Å². The maximum atomic E-state index is 13.1. The number of hydrogen-bond acceptors (Lipinski definition) is 7. The quantitative estimate of drug-likeness (QED) is 0.414. The Labute approximate surface area is 209 Å². The van der Waals surface area contributed by atoms with Gasteiger partial charge in [-0.15, -0.1) is 11.3 Å². The molecule has 8 nitrogen and oxygen atoms in total. The van der Waals surface area contributed by atoms with E-state index in [1.165, 1.54) is 18.4 Å². The second kappa shape index (κ2) is 10.3. The van der Waals surface area contributed by atoms with E-state index in [-0.39, 0.29) is 18.4 Å². The number of esters is 1. The minimum atomic E-state index is -1.19. The van der Waals surface area contributed by atoms with Crippen molar-refractivity contribution in [1.29, 1.82) is 0 Å². The number of fused-ring (bicyclic) bond motifs is 1. The molecule has 0 aliphatic heterocycles. The molecule has 188 valence electrons. The molecule has 9 heteroatoms. The van der Waals surface area contributed by atoms with Gasteiger partial charge in [0.2, 0.25) is 0 Å². The summed E-state index contributed by atoms with van der Waals surface area (Å²) >= 11 is 1.28. The number of benzene rings is 1. The van der Waals surface area contributed by atoms with Crippen molar-refractivity contribution in [2.75, 3.05) is 13.7 Å². The molecule has 1 aromatic heterocycles. The second-order valence-corrected chi connectivity index (χ2v) is 11.3. The zero-order valence-corrected chi connectivity index (χ0v) is 21.7. The number of thiophene rings is 1. The summed E-state index contributed by atoms with van der Waals surface area (Å²) in [5, 5.41) is 15.4. The fraction of sp³-hybridized carbons (Fsp3) is 0.500. The molecule has 35 heavy (non-hydrogen) atoms. The Balaban J connectivity index is 1.76. The van der Waals surface area contributed by atoms with Crippen molar-refractivity contribution in [3.63, 3.8) is 0 Å². The molecular formula is C26H32N2O6S. The van der Waals surface area contributed by atoms with Crippen LogP contribution in [-0.4, -0.2) is 54.0 Å². The summed E-state index contributed by atoms with van der Waals surface area (Å²) in [6, 6.07) is 6.31. The number of ether oxygens (including phenoxy) is 2. The van der Waals surface area contributed by atoms with Crippen LogP contribution in [0.4, 0.5) is 4.79 Å². The first kappa shape index (κ1) is 26.5. The van der Waals surface area contributed by atoms with Crippen molar-refractivity contribution in [2.45, 2.75) is 58.2 Å². The highest BCUT2D eigenvalue weighted by Gasteiger charge is 2.40. The number of methoxy groups -OCH3 is 1. The molecule has 3 rings (SSSR count). The van der Waals surface area contributed by atoms with Crippen molar-refractivity contribution in [2.24, 2.45) is 11.8 Å². The minimum absolute atomic E-state index is 0.165. The van der Waals surface area contributed by atoms with Crippen molar-refractivity contribution in [1.82, 2.24) is 10.6 Å². The monoisotopic (exact) mass is 500 g/mol. The maximum Gasteiger partial charge on any atom is 0.408 e. The second-order valence-electron chi connectivity index (χ2n) is 10.2. The van der Waals surface area contributed by atoms with Crippen LogP contribution in [-0.2, 0) is 14.3 Å². The normalized spacial score (nSPS) is 18.1. The van der Waals surface area contributed by atoms with Crippen molar-refractivity contribution in [3.8, 4) is 11.8 Å². The van der Waals surface area contributed by atoms with Crippen LogP contribution in [0.3, 0.4) is 0 Å². The number of aliphatic hydroxyl groups is 1. The molecular weight excluding hydrogens is 468 g/mol. The zero-order valence-electron chi connectivity index (χ0n) is 20.9. The molecule has 1 fully saturated rings. The van der Waals surface area contributed by atoms with Crippen molar-refractivity contribution in [3.05, 3.63) is 34.7 Å². The van der Waals surface area contributed by atoms with E-state index in [0.717, 1.165) is 22.1 Å². The Bertz CT molecular complexity index is 1180. The van der Waals surface area contributed by atoms with E-state index in [1.54, 1.807) is 40.7 Å². The van der Waals surface area contributed by atoms with Gasteiger partial charge in [0.05, 0.1) is 17.5 Å². The molecule has 1 saturated carbocycles. The summed E-state index contributed by atoms with van der Waals surface area (Å²) in [6.45, 7) is 8.57. The molecule has 0 saturated heterocycles. The molecule has 3 atom stereocenters. The summed E-state index contributed by atoms with van der Waals surface area (Å²) in [6.07, 6.45) is 0.216. The summed E-state index contributed by atoms with van der Waals surface area (Å²) < 4.78 is 11.1. The maximum absolute atomic E-state index is 13.1. The van der Waals surface area contributed by atoms with Crippen LogP contribution < -0.4 is 10.6 Å². The van der Waals surface area contributed by atoms with Crippen LogP contribution in [0.1, 0.15) is 56.3 Å². The number of nitrogens with one attached hydrogen (secondary N) is 2. The first-order valence-corrected chi connectivity index (χ1v) is 12.2. The smallest absolute Gasteiger partial charge is 0.408 e. The van der Waals surface area contributed by atoms with Gasteiger partial charge in [-0.05, 0) is 70.5 Å². The van der Waals surface area contributed by atoms with Crippen LogP contribution in [0.2, 0.25) is 0 Å². The average molecular weight is 501 g/mol. The summed E-state index contributed by atoms with van der Waals surface area (Å²) in [5.41, 5.74) is -1.08. The Kier molecular flexibility index (Phi) is 7.77. The standard InChI is InChI=1S/C26H32N2O6S/c1-25(2,3)34-24(32)28-26(4,5)21(23(31)33-6)27-22(30)20-13-17-10-8-15(11-19(17)35-20)7-9-16-12-18(16)14-29/h8,10-11,13,16,18,21,29H,12,14H2,1-6H3,(H,27,30)(H,28,32)/t16-,18+,21-/m1/s1. The van der Waals surface area contributed by atoms with Gasteiger partial charge < -0.3 is 25.2 Å². The lowest BCUT2D eigenvalue weighted by Gasteiger charge is -2.34. The van der Waals surface area contributed by atoms with Crippen LogP contribution >= 0.6 is 11.3 Å². The van der Waals surface area contributed by atoms with E-state index >= 15 is 0 Å². The third kappa shape index (κ3) is 6.96.